The summed E-state index contributed by atoms with van der Waals surface area (Å²) in [6.45, 7) is 0. The molecule has 1 unspecified atom stereocenters. The SMILES string of the molecule is COc1cnc(C2(O)CCCc3ccccc32)c(OC)n1. The summed E-state index contributed by atoms with van der Waals surface area (Å²) in [6.07, 6.45) is 3.96. The molecule has 0 saturated carbocycles. The molecule has 3 rings (SSSR count). The molecular weight excluding hydrogens is 268 g/mol. The highest BCUT2D eigenvalue weighted by Gasteiger charge is 2.40. The summed E-state index contributed by atoms with van der Waals surface area (Å²) in [5.74, 6) is 0.664. The van der Waals surface area contributed by atoms with Crippen molar-refractivity contribution in [3.05, 3.63) is 47.3 Å². The van der Waals surface area contributed by atoms with Gasteiger partial charge in [0.25, 0.3) is 0 Å². The van der Waals surface area contributed by atoms with E-state index in [9.17, 15) is 5.11 Å². The topological polar surface area (TPSA) is 64.5 Å². The van der Waals surface area contributed by atoms with Crippen LogP contribution >= 0.6 is 0 Å². The first-order valence-electron chi connectivity index (χ1n) is 6.95. The third kappa shape index (κ3) is 2.23. The first kappa shape index (κ1) is 13.8. The van der Waals surface area contributed by atoms with Gasteiger partial charge in [0, 0.05) is 0 Å². The van der Waals surface area contributed by atoms with Crippen molar-refractivity contribution in [2.45, 2.75) is 24.9 Å². The Bertz CT molecular complexity index is 660. The Labute approximate surface area is 123 Å². The number of aryl methyl sites for hydroxylation is 1. The Morgan fingerprint density at radius 1 is 1.19 bits per heavy atom. The molecule has 1 heterocycles. The predicted molar refractivity (Wildman–Crippen MR) is 77.5 cm³/mol. The number of aromatic nitrogens is 2. The molecule has 0 saturated heterocycles. The van der Waals surface area contributed by atoms with E-state index in [0.717, 1.165) is 24.0 Å². The number of hydrogen-bond acceptors (Lipinski definition) is 5. The second-order valence-corrected chi connectivity index (χ2v) is 5.14. The molecule has 0 aliphatic heterocycles. The van der Waals surface area contributed by atoms with E-state index in [4.69, 9.17) is 9.47 Å². The van der Waals surface area contributed by atoms with Crippen molar-refractivity contribution < 1.29 is 14.6 Å². The average molecular weight is 286 g/mol. The molecule has 1 atom stereocenters. The predicted octanol–water partition coefficient (Wildman–Crippen LogP) is 2.07. The van der Waals surface area contributed by atoms with Crippen molar-refractivity contribution in [2.24, 2.45) is 0 Å². The number of ether oxygens (including phenoxy) is 2. The second kappa shape index (κ2) is 5.33. The third-order valence-corrected chi connectivity index (χ3v) is 3.96. The first-order chi connectivity index (χ1) is 10.2. The highest BCUT2D eigenvalue weighted by molar-refractivity contribution is 5.44. The number of benzene rings is 1. The molecule has 21 heavy (non-hydrogen) atoms. The van der Waals surface area contributed by atoms with E-state index in [1.54, 1.807) is 0 Å². The largest absolute Gasteiger partial charge is 0.480 e. The zero-order chi connectivity index (χ0) is 14.9. The average Bonchev–Trinajstić information content (AvgIpc) is 2.54. The summed E-state index contributed by atoms with van der Waals surface area (Å²) in [7, 11) is 3.04. The van der Waals surface area contributed by atoms with Crippen LogP contribution in [0.5, 0.6) is 11.8 Å². The van der Waals surface area contributed by atoms with Gasteiger partial charge in [-0.25, -0.2) is 4.98 Å². The smallest absolute Gasteiger partial charge is 0.242 e. The lowest BCUT2D eigenvalue weighted by atomic mass is 9.77. The number of methoxy groups -OCH3 is 2. The van der Waals surface area contributed by atoms with Crippen LogP contribution in [0.15, 0.2) is 30.5 Å². The van der Waals surface area contributed by atoms with Crippen LogP contribution in [0.1, 0.15) is 29.7 Å². The van der Waals surface area contributed by atoms with Gasteiger partial charge in [0.2, 0.25) is 11.8 Å². The van der Waals surface area contributed by atoms with Crippen LogP contribution in [0.4, 0.5) is 0 Å². The Balaban J connectivity index is 2.16. The van der Waals surface area contributed by atoms with Gasteiger partial charge >= 0.3 is 0 Å². The number of rotatable bonds is 3. The maximum Gasteiger partial charge on any atom is 0.242 e. The van der Waals surface area contributed by atoms with E-state index in [2.05, 4.69) is 9.97 Å². The van der Waals surface area contributed by atoms with Crippen LogP contribution in [-0.4, -0.2) is 29.3 Å². The standard InChI is InChI=1S/C16H18N2O3/c1-20-13-10-17-14(15(18-13)21-2)16(19)9-5-7-11-6-3-4-8-12(11)16/h3-4,6,8,10,19H,5,7,9H2,1-2H3. The molecule has 0 amide bonds. The molecule has 0 radical (unpaired) electrons. The fourth-order valence-corrected chi connectivity index (χ4v) is 2.94. The van der Waals surface area contributed by atoms with Gasteiger partial charge < -0.3 is 14.6 Å². The summed E-state index contributed by atoms with van der Waals surface area (Å²) in [4.78, 5) is 8.59. The van der Waals surface area contributed by atoms with Crippen LogP contribution < -0.4 is 9.47 Å². The van der Waals surface area contributed by atoms with E-state index in [-0.39, 0.29) is 0 Å². The normalized spacial score (nSPS) is 20.7. The van der Waals surface area contributed by atoms with Gasteiger partial charge in [-0.2, -0.15) is 4.98 Å². The lowest BCUT2D eigenvalue weighted by Crippen LogP contribution is -2.33. The summed E-state index contributed by atoms with van der Waals surface area (Å²) in [6, 6.07) is 7.91. The van der Waals surface area contributed by atoms with Crippen molar-refractivity contribution in [1.82, 2.24) is 9.97 Å². The summed E-state index contributed by atoms with van der Waals surface area (Å²) < 4.78 is 10.4. The van der Waals surface area contributed by atoms with Crippen molar-refractivity contribution >= 4 is 0 Å². The van der Waals surface area contributed by atoms with Gasteiger partial charge in [-0.3, -0.25) is 0 Å². The molecular formula is C16H18N2O3. The number of fused-ring (bicyclic) bond motifs is 1. The summed E-state index contributed by atoms with van der Waals surface area (Å²) >= 11 is 0. The van der Waals surface area contributed by atoms with Gasteiger partial charge in [-0.15, -0.1) is 0 Å². The molecule has 0 spiro atoms. The number of hydrogen-bond donors (Lipinski definition) is 1. The second-order valence-electron chi connectivity index (χ2n) is 5.14. The number of nitrogens with zero attached hydrogens (tertiary/aromatic N) is 2. The minimum Gasteiger partial charge on any atom is -0.480 e. The zero-order valence-electron chi connectivity index (χ0n) is 12.2. The van der Waals surface area contributed by atoms with Crippen LogP contribution in [0, 0.1) is 0 Å². The highest BCUT2D eigenvalue weighted by Crippen LogP contribution is 2.42. The van der Waals surface area contributed by atoms with Gasteiger partial charge in [0.05, 0.1) is 20.4 Å². The number of aliphatic hydroxyl groups is 1. The molecule has 2 aromatic rings. The van der Waals surface area contributed by atoms with Crippen LogP contribution in [0.3, 0.4) is 0 Å². The van der Waals surface area contributed by atoms with E-state index in [1.807, 2.05) is 24.3 Å². The quantitative estimate of drug-likeness (QED) is 0.935. The van der Waals surface area contributed by atoms with Crippen LogP contribution in [-0.2, 0) is 12.0 Å². The Hall–Kier alpha value is -2.14. The maximum atomic E-state index is 11.2. The minimum atomic E-state index is -1.17. The minimum absolute atomic E-state index is 0.300. The van der Waals surface area contributed by atoms with Crippen LogP contribution in [0.25, 0.3) is 0 Å². The fourth-order valence-electron chi connectivity index (χ4n) is 2.94. The lowest BCUT2D eigenvalue weighted by Gasteiger charge is -2.34. The van der Waals surface area contributed by atoms with Gasteiger partial charge in [-0.05, 0) is 30.4 Å². The van der Waals surface area contributed by atoms with Gasteiger partial charge in [0.1, 0.15) is 11.3 Å². The Morgan fingerprint density at radius 3 is 2.76 bits per heavy atom. The molecule has 1 N–H and O–H groups in total. The fraction of sp³-hybridized carbons (Fsp3) is 0.375. The Kier molecular flexibility index (Phi) is 3.51. The molecule has 0 bridgehead atoms. The molecule has 1 aromatic heterocycles. The molecule has 0 fully saturated rings. The lowest BCUT2D eigenvalue weighted by molar-refractivity contribution is 0.0534. The highest BCUT2D eigenvalue weighted by atomic mass is 16.5. The van der Waals surface area contributed by atoms with Crippen molar-refractivity contribution in [3.8, 4) is 11.8 Å². The van der Waals surface area contributed by atoms with E-state index < -0.39 is 5.60 Å². The molecule has 1 aliphatic carbocycles. The van der Waals surface area contributed by atoms with Crippen molar-refractivity contribution in [1.29, 1.82) is 0 Å². The van der Waals surface area contributed by atoms with E-state index in [1.165, 1.54) is 20.4 Å². The van der Waals surface area contributed by atoms with Gasteiger partial charge in [-0.1, -0.05) is 24.3 Å². The summed E-state index contributed by atoms with van der Waals surface area (Å²) in [5.41, 5.74) is 1.30. The molecule has 110 valence electrons. The molecule has 5 nitrogen and oxygen atoms in total. The zero-order valence-corrected chi connectivity index (χ0v) is 12.2. The van der Waals surface area contributed by atoms with E-state index >= 15 is 0 Å². The third-order valence-electron chi connectivity index (χ3n) is 3.96. The Morgan fingerprint density at radius 2 is 2.00 bits per heavy atom. The van der Waals surface area contributed by atoms with Crippen molar-refractivity contribution in [3.63, 3.8) is 0 Å². The maximum absolute atomic E-state index is 11.2. The molecule has 1 aliphatic rings. The van der Waals surface area contributed by atoms with E-state index in [0.29, 0.717) is 23.9 Å². The summed E-state index contributed by atoms with van der Waals surface area (Å²) in [5, 5.41) is 11.2. The molecule has 1 aromatic carbocycles. The molecule has 5 heteroatoms. The van der Waals surface area contributed by atoms with Crippen LogP contribution in [0.2, 0.25) is 0 Å². The monoisotopic (exact) mass is 286 g/mol. The van der Waals surface area contributed by atoms with Crippen molar-refractivity contribution in [2.75, 3.05) is 14.2 Å². The first-order valence-corrected chi connectivity index (χ1v) is 6.95. The van der Waals surface area contributed by atoms with Gasteiger partial charge in [0.15, 0.2) is 0 Å².